The van der Waals surface area contributed by atoms with Gasteiger partial charge in [0.15, 0.2) is 0 Å². The second-order valence-corrected chi connectivity index (χ2v) is 8.55. The van der Waals surface area contributed by atoms with E-state index in [1.54, 1.807) is 0 Å². The van der Waals surface area contributed by atoms with Crippen LogP contribution >= 0.6 is 0 Å². The van der Waals surface area contributed by atoms with Gasteiger partial charge in [0, 0.05) is 8.41 Å². The average Bonchev–Trinajstić information content (AvgIpc) is 2.73. The van der Waals surface area contributed by atoms with Crippen LogP contribution in [0.3, 0.4) is 0 Å². The van der Waals surface area contributed by atoms with Crippen LogP contribution in [-0.4, -0.2) is 24.5 Å². The molecule has 2 rings (SSSR count). The van der Waals surface area contributed by atoms with Crippen molar-refractivity contribution in [3.05, 3.63) is 35.4 Å². The van der Waals surface area contributed by atoms with Crippen LogP contribution in [0.1, 0.15) is 98.1 Å². The molecule has 1 saturated carbocycles. The van der Waals surface area contributed by atoms with Gasteiger partial charge in [-0.15, -0.1) is 0 Å². The Bertz CT molecular complexity index is 544. The molecular formula is C25H43BN2W-. The van der Waals surface area contributed by atoms with Crippen molar-refractivity contribution in [1.82, 2.24) is 0 Å². The summed E-state index contributed by atoms with van der Waals surface area (Å²) in [6.45, 7) is 16.2. The predicted molar refractivity (Wildman–Crippen MR) is 131 cm³/mol. The molecule has 0 unspecified atom stereocenters. The van der Waals surface area contributed by atoms with Gasteiger partial charge >= 0.3 is 104 Å². The standard InChI is InChI=1S/C12H19N2.C9H12.2C2H6.B.W/c1-3-13-12(14-4-2)10-11-8-6-5-7-9-11;1-3-9-6-4-8(2)5-7-9;2*1-2;;/h11H,5-10H2,1-2H3;4-7H,3H2,1-2H3;2*1-2H3;;/q-1;;;;;. The summed E-state index contributed by atoms with van der Waals surface area (Å²) in [7, 11) is 0. The number of rotatable bonds is 4. The third-order valence-electron chi connectivity index (χ3n) is 4.25. The summed E-state index contributed by atoms with van der Waals surface area (Å²) in [4.78, 5) is 8.75. The fourth-order valence-corrected chi connectivity index (χ4v) is 3.28. The Morgan fingerprint density at radius 1 is 1.03 bits per heavy atom. The van der Waals surface area contributed by atoms with Gasteiger partial charge in [-0.1, -0.05) is 64.4 Å². The third kappa shape index (κ3) is 18.9. The van der Waals surface area contributed by atoms with Gasteiger partial charge < -0.3 is 0 Å². The normalized spacial score (nSPS) is 13.6. The van der Waals surface area contributed by atoms with E-state index in [2.05, 4.69) is 61.2 Å². The fraction of sp³-hybridized carbons (Fsp3) is 0.640. The number of amidine groups is 1. The van der Waals surface area contributed by atoms with Crippen molar-refractivity contribution < 1.29 is 19.4 Å². The quantitative estimate of drug-likeness (QED) is 0.159. The van der Waals surface area contributed by atoms with E-state index in [1.165, 1.54) is 66.6 Å². The molecule has 0 amide bonds. The van der Waals surface area contributed by atoms with Gasteiger partial charge in [0.1, 0.15) is 0 Å². The summed E-state index contributed by atoms with van der Waals surface area (Å²) in [5.74, 6) is 1.79. The van der Waals surface area contributed by atoms with Crippen molar-refractivity contribution in [2.75, 3.05) is 0 Å². The molecule has 163 valence electrons. The number of aliphatic imine (C=N–C) groups is 2. The molecule has 0 saturated heterocycles. The number of hydrogen-bond donors (Lipinski definition) is 0. The summed E-state index contributed by atoms with van der Waals surface area (Å²) >= 11 is 1.43. The first-order valence-electron chi connectivity index (χ1n) is 11.1. The largest absolute Gasteiger partial charge is 0 e. The van der Waals surface area contributed by atoms with Gasteiger partial charge in [-0.05, 0) is 18.9 Å². The molecule has 1 aliphatic rings. The molecule has 0 N–H and O–H groups in total. The summed E-state index contributed by atoms with van der Waals surface area (Å²) in [6.07, 6.45) is 11.9. The first-order valence-corrected chi connectivity index (χ1v) is 12.5. The van der Waals surface area contributed by atoms with E-state index in [0.717, 1.165) is 24.6 Å². The molecule has 29 heavy (non-hydrogen) atoms. The molecular weight excluding hydrogens is 523 g/mol. The Morgan fingerprint density at radius 3 is 1.97 bits per heavy atom. The van der Waals surface area contributed by atoms with Crippen LogP contribution in [0.15, 0.2) is 34.3 Å². The molecule has 0 bridgehead atoms. The molecule has 1 fully saturated rings. The molecule has 0 atom stereocenters. The molecule has 3 radical (unpaired) electrons. The number of nitrogens with zero attached hydrogens (tertiary/aromatic N) is 2. The van der Waals surface area contributed by atoms with Gasteiger partial charge in [0.2, 0.25) is 0 Å². The summed E-state index contributed by atoms with van der Waals surface area (Å²) < 4.78 is 1.17. The minimum Gasteiger partial charge on any atom is 0 e. The van der Waals surface area contributed by atoms with Crippen LogP contribution in [0.25, 0.3) is 0 Å². The van der Waals surface area contributed by atoms with Crippen molar-refractivity contribution in [2.24, 2.45) is 15.9 Å². The van der Waals surface area contributed by atoms with Gasteiger partial charge in [0.25, 0.3) is 0 Å². The van der Waals surface area contributed by atoms with Crippen LogP contribution < -0.4 is 0 Å². The second kappa shape index (κ2) is 23.5. The van der Waals surface area contributed by atoms with Crippen molar-refractivity contribution in [3.63, 3.8) is 0 Å². The van der Waals surface area contributed by atoms with Crippen LogP contribution in [0, 0.1) is 12.8 Å². The number of hydrogen-bond acceptors (Lipinski definition) is 1. The zero-order valence-electron chi connectivity index (χ0n) is 20.2. The Kier molecular flexibility index (Phi) is 26.6. The number of benzene rings is 1. The van der Waals surface area contributed by atoms with Crippen molar-refractivity contribution in [3.8, 4) is 0 Å². The topological polar surface area (TPSA) is 24.7 Å². The van der Waals surface area contributed by atoms with Crippen LogP contribution in [0.2, 0.25) is 0 Å². The Balaban J connectivity index is -0.000000415. The Labute approximate surface area is 195 Å². The van der Waals surface area contributed by atoms with Crippen LogP contribution in [0.4, 0.5) is 0 Å². The van der Waals surface area contributed by atoms with Gasteiger partial charge in [0.05, 0.1) is 0 Å². The van der Waals surface area contributed by atoms with E-state index in [4.69, 9.17) is 0 Å². The molecule has 2 nitrogen and oxygen atoms in total. The molecule has 1 aromatic carbocycles. The predicted octanol–water partition coefficient (Wildman–Crippen LogP) is 7.25. The maximum absolute atomic E-state index is 4.50. The molecule has 1 aromatic rings. The van der Waals surface area contributed by atoms with E-state index < -0.39 is 0 Å². The van der Waals surface area contributed by atoms with E-state index in [9.17, 15) is 0 Å². The smallest absolute Gasteiger partial charge is 0 e. The van der Waals surface area contributed by atoms with Crippen molar-refractivity contribution in [2.45, 2.75) is 100 Å². The van der Waals surface area contributed by atoms with Gasteiger partial charge in [-0.25, -0.2) is 0 Å². The SMILES string of the molecule is CC.CC.CCc1ccc(C)cc1.C[C-]=NC(CC1CCCCC1)=N[C](C)=[W].[B]. The summed E-state index contributed by atoms with van der Waals surface area (Å²) in [5, 5.41) is 0. The van der Waals surface area contributed by atoms with Crippen molar-refractivity contribution >= 4 is 24.5 Å². The average molecular weight is 566 g/mol. The summed E-state index contributed by atoms with van der Waals surface area (Å²) in [5.41, 5.74) is 2.76. The first kappa shape index (κ1) is 32.8. The van der Waals surface area contributed by atoms with Gasteiger partial charge in [-0.2, -0.15) is 0 Å². The number of aryl methyl sites for hydroxylation is 2. The van der Waals surface area contributed by atoms with E-state index in [-0.39, 0.29) is 8.41 Å². The summed E-state index contributed by atoms with van der Waals surface area (Å²) in [6, 6.07) is 8.66. The minimum atomic E-state index is 0. The van der Waals surface area contributed by atoms with E-state index in [1.807, 2.05) is 34.6 Å². The molecule has 0 aromatic heterocycles. The van der Waals surface area contributed by atoms with Gasteiger partial charge in [-0.3, -0.25) is 0 Å². The monoisotopic (exact) mass is 566 g/mol. The van der Waals surface area contributed by atoms with E-state index in [0.29, 0.717) is 0 Å². The molecule has 0 aliphatic heterocycles. The van der Waals surface area contributed by atoms with E-state index >= 15 is 0 Å². The molecule has 0 spiro atoms. The van der Waals surface area contributed by atoms with Crippen LogP contribution in [0.5, 0.6) is 0 Å². The third-order valence-corrected chi connectivity index (χ3v) is 4.58. The Morgan fingerprint density at radius 2 is 1.55 bits per heavy atom. The molecule has 4 heteroatoms. The fourth-order valence-electron chi connectivity index (χ4n) is 2.90. The molecule has 0 heterocycles. The zero-order chi connectivity index (χ0) is 21.8. The van der Waals surface area contributed by atoms with Crippen LogP contribution in [-0.2, 0) is 25.8 Å². The Hall–Kier alpha value is -0.817. The first-order chi connectivity index (χ1) is 13.5. The maximum Gasteiger partial charge on any atom is 0 e. The zero-order valence-corrected chi connectivity index (χ0v) is 23.1. The molecule has 1 aliphatic carbocycles. The van der Waals surface area contributed by atoms with Crippen molar-refractivity contribution in [1.29, 1.82) is 0 Å². The second-order valence-electron chi connectivity index (χ2n) is 6.43. The maximum atomic E-state index is 4.50. The minimum absolute atomic E-state index is 0.